The Morgan fingerprint density at radius 3 is 2.41 bits per heavy atom. The standard InChI is InChI=1S/C18H15N3O6S2/c19-29(26,27)13-7-5-12(6-8-13)20-16(23)10-21-17(24)15(28-18(21)25)9-11-3-1-2-4-14(11)22/h1-9,22H,10H2,(H,20,23)(H2,19,26,27)/b15-9-. The Balaban J connectivity index is 1.68. The van der Waals surface area contributed by atoms with Gasteiger partial charge in [0.05, 0.1) is 9.80 Å². The van der Waals surface area contributed by atoms with Crippen molar-refractivity contribution < 1.29 is 27.9 Å². The highest BCUT2D eigenvalue weighted by Crippen LogP contribution is 2.33. The van der Waals surface area contributed by atoms with Crippen LogP contribution >= 0.6 is 11.8 Å². The van der Waals surface area contributed by atoms with Gasteiger partial charge in [-0.25, -0.2) is 13.6 Å². The lowest BCUT2D eigenvalue weighted by molar-refractivity contribution is -0.127. The Kier molecular flexibility index (Phi) is 5.73. The number of hydrogen-bond acceptors (Lipinski definition) is 7. The average Bonchev–Trinajstić information content (AvgIpc) is 2.91. The second kappa shape index (κ2) is 8.07. The van der Waals surface area contributed by atoms with E-state index in [-0.39, 0.29) is 21.2 Å². The first-order chi connectivity index (χ1) is 13.6. The Bertz CT molecular complexity index is 1130. The number of hydrogen-bond donors (Lipinski definition) is 3. The highest BCUT2D eigenvalue weighted by molar-refractivity contribution is 8.18. The predicted molar refractivity (Wildman–Crippen MR) is 107 cm³/mol. The zero-order valence-corrected chi connectivity index (χ0v) is 16.4. The molecule has 0 unspecified atom stereocenters. The number of rotatable bonds is 5. The quantitative estimate of drug-likeness (QED) is 0.608. The number of imide groups is 1. The monoisotopic (exact) mass is 433 g/mol. The number of phenolic OH excluding ortho intramolecular Hbond substituents is 1. The number of para-hydroxylation sites is 1. The van der Waals surface area contributed by atoms with Gasteiger partial charge in [-0.05, 0) is 48.2 Å². The number of primary sulfonamides is 1. The molecule has 11 heteroatoms. The van der Waals surface area contributed by atoms with E-state index in [1.807, 2.05) is 0 Å². The molecule has 1 aliphatic rings. The number of benzene rings is 2. The van der Waals surface area contributed by atoms with E-state index in [1.54, 1.807) is 18.2 Å². The van der Waals surface area contributed by atoms with Crippen LogP contribution in [0.4, 0.5) is 10.5 Å². The topological polar surface area (TPSA) is 147 Å². The van der Waals surface area contributed by atoms with E-state index in [1.165, 1.54) is 36.4 Å². The van der Waals surface area contributed by atoms with Gasteiger partial charge in [0.2, 0.25) is 15.9 Å². The summed E-state index contributed by atoms with van der Waals surface area (Å²) in [4.78, 5) is 37.5. The van der Waals surface area contributed by atoms with Gasteiger partial charge in [0.15, 0.2) is 0 Å². The molecule has 0 saturated carbocycles. The summed E-state index contributed by atoms with van der Waals surface area (Å²) in [5.41, 5.74) is 0.650. The smallest absolute Gasteiger partial charge is 0.294 e. The van der Waals surface area contributed by atoms with Crippen LogP contribution in [0, 0.1) is 0 Å². The highest BCUT2D eigenvalue weighted by Gasteiger charge is 2.36. The lowest BCUT2D eigenvalue weighted by atomic mass is 10.2. The molecule has 2 aromatic carbocycles. The molecule has 0 spiro atoms. The highest BCUT2D eigenvalue weighted by atomic mass is 32.2. The van der Waals surface area contributed by atoms with Crippen LogP contribution in [0.2, 0.25) is 0 Å². The molecule has 0 bridgehead atoms. The SMILES string of the molecule is NS(=O)(=O)c1ccc(NC(=O)CN2C(=O)S/C(=C\c3ccccc3O)C2=O)cc1. The van der Waals surface area contributed by atoms with Crippen LogP contribution in [0.1, 0.15) is 5.56 Å². The first-order valence-electron chi connectivity index (χ1n) is 8.11. The Morgan fingerprint density at radius 2 is 1.79 bits per heavy atom. The van der Waals surface area contributed by atoms with Crippen LogP contribution < -0.4 is 10.5 Å². The summed E-state index contributed by atoms with van der Waals surface area (Å²) in [6.45, 7) is -0.514. The molecule has 3 amide bonds. The summed E-state index contributed by atoms with van der Waals surface area (Å²) < 4.78 is 22.5. The summed E-state index contributed by atoms with van der Waals surface area (Å²) in [6, 6.07) is 11.4. The number of anilines is 1. The number of nitrogens with zero attached hydrogens (tertiary/aromatic N) is 1. The summed E-state index contributed by atoms with van der Waals surface area (Å²) in [5, 5.41) is 16.7. The number of carbonyl (C=O) groups is 3. The predicted octanol–water partition coefficient (Wildman–Crippen LogP) is 1.71. The van der Waals surface area contributed by atoms with Gasteiger partial charge in [0.25, 0.3) is 11.1 Å². The van der Waals surface area contributed by atoms with Gasteiger partial charge in [-0.15, -0.1) is 0 Å². The van der Waals surface area contributed by atoms with Crippen molar-refractivity contribution in [2.75, 3.05) is 11.9 Å². The number of phenols is 1. The maximum absolute atomic E-state index is 12.4. The molecule has 1 heterocycles. The van der Waals surface area contributed by atoms with Gasteiger partial charge in [0.1, 0.15) is 12.3 Å². The fourth-order valence-corrected chi connectivity index (χ4v) is 3.80. The molecular formula is C18H15N3O6S2. The molecule has 1 aliphatic heterocycles. The van der Waals surface area contributed by atoms with Crippen LogP contribution in [0.5, 0.6) is 5.75 Å². The van der Waals surface area contributed by atoms with Gasteiger partial charge in [-0.2, -0.15) is 0 Å². The Hall–Kier alpha value is -3.15. The van der Waals surface area contributed by atoms with Crippen LogP contribution in [-0.2, 0) is 19.6 Å². The van der Waals surface area contributed by atoms with Crippen molar-refractivity contribution in [1.29, 1.82) is 0 Å². The molecule has 0 aliphatic carbocycles. The van der Waals surface area contributed by atoms with E-state index in [0.29, 0.717) is 17.3 Å². The maximum atomic E-state index is 12.4. The van der Waals surface area contributed by atoms with Crippen LogP contribution in [-0.4, -0.2) is 42.0 Å². The minimum atomic E-state index is -3.85. The third kappa shape index (κ3) is 4.83. The first kappa shape index (κ1) is 20.6. The zero-order valence-electron chi connectivity index (χ0n) is 14.7. The van der Waals surface area contributed by atoms with Crippen molar-refractivity contribution in [2.45, 2.75) is 4.90 Å². The summed E-state index contributed by atoms with van der Waals surface area (Å²) in [7, 11) is -3.85. The lowest BCUT2D eigenvalue weighted by Gasteiger charge is -2.12. The van der Waals surface area contributed by atoms with E-state index in [0.717, 1.165) is 4.90 Å². The number of carbonyl (C=O) groups excluding carboxylic acids is 3. The molecule has 1 saturated heterocycles. The average molecular weight is 433 g/mol. The number of thioether (sulfide) groups is 1. The minimum Gasteiger partial charge on any atom is -0.507 e. The molecule has 2 aromatic rings. The van der Waals surface area contributed by atoms with E-state index < -0.39 is 33.6 Å². The Morgan fingerprint density at radius 1 is 1.14 bits per heavy atom. The van der Waals surface area contributed by atoms with Crippen LogP contribution in [0.3, 0.4) is 0 Å². The molecule has 1 fully saturated rings. The van der Waals surface area contributed by atoms with E-state index in [2.05, 4.69) is 5.32 Å². The van der Waals surface area contributed by atoms with Gasteiger partial charge in [-0.3, -0.25) is 19.3 Å². The van der Waals surface area contributed by atoms with Gasteiger partial charge in [0, 0.05) is 11.3 Å². The molecule has 9 nitrogen and oxygen atoms in total. The third-order valence-electron chi connectivity index (χ3n) is 3.87. The van der Waals surface area contributed by atoms with Gasteiger partial charge in [-0.1, -0.05) is 18.2 Å². The second-order valence-electron chi connectivity index (χ2n) is 5.94. The molecule has 3 rings (SSSR count). The number of sulfonamides is 1. The Labute approximate surface area is 170 Å². The van der Waals surface area contributed by atoms with Gasteiger partial charge < -0.3 is 10.4 Å². The molecule has 150 valence electrons. The summed E-state index contributed by atoms with van der Waals surface area (Å²) >= 11 is 0.665. The zero-order chi connectivity index (χ0) is 21.2. The van der Waals surface area contributed by atoms with Crippen molar-refractivity contribution in [1.82, 2.24) is 4.90 Å². The third-order valence-corrected chi connectivity index (χ3v) is 5.70. The van der Waals surface area contributed by atoms with E-state index in [4.69, 9.17) is 5.14 Å². The lowest BCUT2D eigenvalue weighted by Crippen LogP contribution is -2.36. The van der Waals surface area contributed by atoms with E-state index in [9.17, 15) is 27.9 Å². The molecule has 0 atom stereocenters. The summed E-state index contributed by atoms with van der Waals surface area (Å²) in [6.07, 6.45) is 1.38. The largest absolute Gasteiger partial charge is 0.507 e. The van der Waals surface area contributed by atoms with Crippen molar-refractivity contribution in [2.24, 2.45) is 5.14 Å². The van der Waals surface area contributed by atoms with Crippen LogP contribution in [0.25, 0.3) is 6.08 Å². The van der Waals surface area contributed by atoms with Crippen molar-refractivity contribution in [3.05, 3.63) is 59.0 Å². The number of aromatic hydroxyl groups is 1. The number of nitrogens with one attached hydrogen (secondary N) is 1. The maximum Gasteiger partial charge on any atom is 0.294 e. The molecular weight excluding hydrogens is 418 g/mol. The summed E-state index contributed by atoms with van der Waals surface area (Å²) in [5.74, 6) is -1.33. The van der Waals surface area contributed by atoms with Crippen molar-refractivity contribution in [3.63, 3.8) is 0 Å². The minimum absolute atomic E-state index is 0.0417. The fraction of sp³-hybridized carbons (Fsp3) is 0.0556. The number of nitrogens with two attached hydrogens (primary N) is 1. The molecule has 0 radical (unpaired) electrons. The van der Waals surface area contributed by atoms with Crippen molar-refractivity contribution in [3.8, 4) is 5.75 Å². The van der Waals surface area contributed by atoms with Crippen LogP contribution in [0.15, 0.2) is 58.3 Å². The molecule has 0 aromatic heterocycles. The van der Waals surface area contributed by atoms with Crippen molar-refractivity contribution >= 4 is 50.6 Å². The van der Waals surface area contributed by atoms with Gasteiger partial charge >= 0.3 is 0 Å². The molecule has 4 N–H and O–H groups in total. The number of amides is 3. The molecule has 29 heavy (non-hydrogen) atoms. The van der Waals surface area contributed by atoms with E-state index >= 15 is 0 Å². The second-order valence-corrected chi connectivity index (χ2v) is 8.50. The first-order valence-corrected chi connectivity index (χ1v) is 10.5. The fourth-order valence-electron chi connectivity index (χ4n) is 2.46. The normalized spacial score (nSPS) is 15.8.